The van der Waals surface area contributed by atoms with Crippen molar-refractivity contribution in [2.24, 2.45) is 5.92 Å². The van der Waals surface area contributed by atoms with Crippen LogP contribution in [0.4, 0.5) is 32.9 Å². The molecule has 4 rings (SSSR count). The van der Waals surface area contributed by atoms with Gasteiger partial charge in [0.05, 0.1) is 0 Å². The van der Waals surface area contributed by atoms with Crippen LogP contribution in [0.5, 0.6) is 0 Å². The molecule has 4 heterocycles. The maximum absolute atomic E-state index is 13.0. The van der Waals surface area contributed by atoms with E-state index in [1.54, 1.807) is 4.90 Å². The number of carbonyl (C=O) groups excluding carboxylic acids is 1. The Kier molecular flexibility index (Phi) is 5.21. The summed E-state index contributed by atoms with van der Waals surface area (Å²) in [5.41, 5.74) is -0.0273. The number of nitrogens with one attached hydrogen (secondary N) is 1. The Morgan fingerprint density at radius 2 is 1.87 bits per heavy atom. The second-order valence-corrected chi connectivity index (χ2v) is 7.49. The van der Waals surface area contributed by atoms with Crippen molar-refractivity contribution in [1.82, 2.24) is 30.0 Å². The number of halogens is 5. The van der Waals surface area contributed by atoms with Crippen molar-refractivity contribution >= 4 is 33.8 Å². The summed E-state index contributed by atoms with van der Waals surface area (Å²) in [5.74, 6) is -1.68. The molecule has 1 amide bonds. The molecule has 3 aromatic rings. The molecule has 0 spiro atoms. The molecule has 0 atom stereocenters. The van der Waals surface area contributed by atoms with E-state index in [1.165, 1.54) is 12.1 Å². The summed E-state index contributed by atoms with van der Waals surface area (Å²) in [4.78, 5) is 14.1. The van der Waals surface area contributed by atoms with Crippen LogP contribution in [0.2, 0.25) is 0 Å². The average molecular weight is 448 g/mol. The molecule has 1 aliphatic heterocycles. The summed E-state index contributed by atoms with van der Waals surface area (Å²) in [6, 6.07) is 2.93. The SMILES string of the molecule is O=C(Nc1nnc(C(F)F)s1)C1CCN(c2ccc3nnc(C(F)(F)F)n3n2)CC1. The molecule has 1 aliphatic rings. The summed E-state index contributed by atoms with van der Waals surface area (Å²) in [5, 5.41) is 19.4. The molecular weight excluding hydrogens is 435 g/mol. The summed E-state index contributed by atoms with van der Waals surface area (Å²) in [6.07, 6.45) is -6.64. The minimum absolute atomic E-state index is 0.00265. The molecule has 0 aliphatic carbocycles. The van der Waals surface area contributed by atoms with E-state index in [9.17, 15) is 26.7 Å². The van der Waals surface area contributed by atoms with E-state index in [2.05, 4.69) is 30.8 Å². The van der Waals surface area contributed by atoms with Gasteiger partial charge in [-0.25, -0.2) is 8.78 Å². The molecule has 9 nitrogen and oxygen atoms in total. The highest BCUT2D eigenvalue weighted by atomic mass is 32.1. The zero-order valence-corrected chi connectivity index (χ0v) is 15.8. The third-order valence-corrected chi connectivity index (χ3v) is 5.40. The minimum Gasteiger partial charge on any atom is -0.355 e. The quantitative estimate of drug-likeness (QED) is 0.613. The van der Waals surface area contributed by atoms with Gasteiger partial charge in [-0.15, -0.1) is 25.5 Å². The van der Waals surface area contributed by atoms with Crippen LogP contribution in [0.1, 0.15) is 30.1 Å². The van der Waals surface area contributed by atoms with Crippen molar-refractivity contribution in [2.45, 2.75) is 25.4 Å². The number of amides is 1. The number of aromatic nitrogens is 6. The molecule has 0 saturated carbocycles. The lowest BCUT2D eigenvalue weighted by molar-refractivity contribution is -0.146. The zero-order chi connectivity index (χ0) is 21.5. The normalized spacial score (nSPS) is 15.9. The number of piperidine rings is 1. The van der Waals surface area contributed by atoms with Crippen LogP contribution in [-0.2, 0) is 11.0 Å². The number of hydrogen-bond donors (Lipinski definition) is 1. The molecule has 30 heavy (non-hydrogen) atoms. The van der Waals surface area contributed by atoms with E-state index in [0.717, 1.165) is 0 Å². The first-order valence-electron chi connectivity index (χ1n) is 8.69. The molecule has 15 heteroatoms. The number of nitrogens with zero attached hydrogens (tertiary/aromatic N) is 7. The van der Waals surface area contributed by atoms with Crippen LogP contribution in [0, 0.1) is 5.92 Å². The number of alkyl halides is 5. The monoisotopic (exact) mass is 448 g/mol. The Bertz CT molecular complexity index is 1060. The maximum Gasteiger partial charge on any atom is 0.453 e. The second-order valence-electron chi connectivity index (χ2n) is 6.48. The lowest BCUT2D eigenvalue weighted by Gasteiger charge is -2.31. The zero-order valence-electron chi connectivity index (χ0n) is 15.0. The number of carbonyl (C=O) groups is 1. The van der Waals surface area contributed by atoms with E-state index in [0.29, 0.717) is 47.6 Å². The van der Waals surface area contributed by atoms with Crippen molar-refractivity contribution in [1.29, 1.82) is 0 Å². The molecule has 1 saturated heterocycles. The predicted molar refractivity (Wildman–Crippen MR) is 94.2 cm³/mol. The van der Waals surface area contributed by atoms with Gasteiger partial charge in [0.15, 0.2) is 10.7 Å². The van der Waals surface area contributed by atoms with Crippen molar-refractivity contribution < 1.29 is 26.7 Å². The van der Waals surface area contributed by atoms with Crippen LogP contribution in [0.15, 0.2) is 12.1 Å². The van der Waals surface area contributed by atoms with Gasteiger partial charge >= 0.3 is 6.18 Å². The second kappa shape index (κ2) is 7.70. The van der Waals surface area contributed by atoms with Gasteiger partial charge in [-0.3, -0.25) is 4.79 Å². The summed E-state index contributed by atoms with van der Waals surface area (Å²) >= 11 is 0.605. The van der Waals surface area contributed by atoms with E-state index >= 15 is 0 Å². The standard InChI is InChI=1S/C15H13F5N8OS/c16-10(17)12-23-25-14(30-12)21-11(29)7-3-5-27(6-4-7)9-2-1-8-22-24-13(15(18,19)20)28(8)26-9/h1-2,7,10H,3-6H2,(H,21,25,29). The number of anilines is 2. The Morgan fingerprint density at radius 1 is 1.13 bits per heavy atom. The fourth-order valence-electron chi connectivity index (χ4n) is 3.08. The van der Waals surface area contributed by atoms with Crippen LogP contribution >= 0.6 is 11.3 Å². The van der Waals surface area contributed by atoms with Gasteiger partial charge in [0.25, 0.3) is 12.2 Å². The highest BCUT2D eigenvalue weighted by molar-refractivity contribution is 7.15. The van der Waals surface area contributed by atoms with Crippen LogP contribution in [0.3, 0.4) is 0 Å². The van der Waals surface area contributed by atoms with Gasteiger partial charge in [0.2, 0.25) is 11.0 Å². The van der Waals surface area contributed by atoms with Gasteiger partial charge in [-0.05, 0) is 25.0 Å². The lowest BCUT2D eigenvalue weighted by Crippen LogP contribution is -2.38. The van der Waals surface area contributed by atoms with Gasteiger partial charge < -0.3 is 10.2 Å². The molecule has 1 fully saturated rings. The van der Waals surface area contributed by atoms with Crippen LogP contribution in [-0.4, -0.2) is 49.0 Å². The van der Waals surface area contributed by atoms with E-state index in [4.69, 9.17) is 0 Å². The smallest absolute Gasteiger partial charge is 0.355 e. The Labute approximate surface area is 168 Å². The van der Waals surface area contributed by atoms with Crippen molar-refractivity contribution in [3.63, 3.8) is 0 Å². The number of fused-ring (bicyclic) bond motifs is 1. The fourth-order valence-corrected chi connectivity index (χ4v) is 3.68. The molecule has 160 valence electrons. The van der Waals surface area contributed by atoms with Crippen molar-refractivity contribution in [2.75, 3.05) is 23.3 Å². The summed E-state index contributed by atoms with van der Waals surface area (Å²) < 4.78 is 64.8. The Morgan fingerprint density at radius 3 is 2.50 bits per heavy atom. The number of rotatable bonds is 4. The first-order valence-corrected chi connectivity index (χ1v) is 9.51. The van der Waals surface area contributed by atoms with Crippen molar-refractivity contribution in [3.8, 4) is 0 Å². The number of hydrogen-bond acceptors (Lipinski definition) is 8. The molecule has 1 N–H and O–H groups in total. The lowest BCUT2D eigenvalue weighted by atomic mass is 9.96. The minimum atomic E-state index is -4.69. The van der Waals surface area contributed by atoms with Crippen molar-refractivity contribution in [3.05, 3.63) is 23.0 Å². The summed E-state index contributed by atoms with van der Waals surface area (Å²) in [7, 11) is 0. The van der Waals surface area contributed by atoms with E-state index < -0.39 is 29.4 Å². The first-order chi connectivity index (χ1) is 14.2. The van der Waals surface area contributed by atoms with Gasteiger partial charge in [-0.2, -0.15) is 17.7 Å². The van der Waals surface area contributed by atoms with Crippen LogP contribution in [0.25, 0.3) is 5.65 Å². The predicted octanol–water partition coefficient (Wildman–Crippen LogP) is 2.79. The molecule has 0 unspecified atom stereocenters. The van der Waals surface area contributed by atoms with E-state index in [-0.39, 0.29) is 16.7 Å². The topological polar surface area (TPSA) is 101 Å². The van der Waals surface area contributed by atoms with Crippen LogP contribution < -0.4 is 10.2 Å². The van der Waals surface area contributed by atoms with Gasteiger partial charge in [0.1, 0.15) is 5.82 Å². The average Bonchev–Trinajstić information content (AvgIpc) is 3.34. The van der Waals surface area contributed by atoms with E-state index in [1.807, 2.05) is 0 Å². The summed E-state index contributed by atoms with van der Waals surface area (Å²) in [6.45, 7) is 0.747. The largest absolute Gasteiger partial charge is 0.453 e. The van der Waals surface area contributed by atoms with Gasteiger partial charge in [0, 0.05) is 19.0 Å². The van der Waals surface area contributed by atoms with Gasteiger partial charge in [-0.1, -0.05) is 11.3 Å². The molecule has 0 aromatic carbocycles. The molecule has 3 aromatic heterocycles. The third-order valence-electron chi connectivity index (χ3n) is 4.55. The Hall–Kier alpha value is -2.97. The highest BCUT2D eigenvalue weighted by Crippen LogP contribution is 2.29. The highest BCUT2D eigenvalue weighted by Gasteiger charge is 2.38. The molecular formula is C15H13F5N8OS. The Balaban J connectivity index is 1.41. The maximum atomic E-state index is 13.0. The molecule has 0 bridgehead atoms. The first kappa shape index (κ1) is 20.3. The fraction of sp³-hybridized carbons (Fsp3) is 0.467. The molecule has 0 radical (unpaired) electrons. The third kappa shape index (κ3) is 4.01.